The highest BCUT2D eigenvalue weighted by Gasteiger charge is 2.23. The maximum Gasteiger partial charge on any atom is 0.293 e. The fraction of sp³-hybridized carbons (Fsp3) is 0.300. The number of nitrogens with zero attached hydrogens (tertiary/aromatic N) is 2. The number of methoxy groups -OCH3 is 1. The molecule has 1 saturated heterocycles. The largest absolute Gasteiger partial charge is 0.497 e. The van der Waals surface area contributed by atoms with Gasteiger partial charge in [-0.25, -0.2) is 0 Å². The lowest BCUT2D eigenvalue weighted by Gasteiger charge is -2.28. The van der Waals surface area contributed by atoms with E-state index in [4.69, 9.17) is 17.0 Å². The Labute approximate surface area is 174 Å². The standard InChI is InChI=1S/C20H22N4O4S/c1-28-16-8-6-15(7-9-16)21-20(29)22-19(25)14-5-10-17(18(13-14)24(26)27)23-11-3-2-4-12-23/h5-10,13H,2-4,11-12H2,1H3,(H2,21,22,25,29). The molecule has 0 aromatic heterocycles. The first kappa shape index (κ1) is 20.5. The first-order valence-corrected chi connectivity index (χ1v) is 9.68. The highest BCUT2D eigenvalue weighted by molar-refractivity contribution is 7.80. The number of hydrogen-bond donors (Lipinski definition) is 2. The molecule has 3 rings (SSSR count). The number of nitrogens with one attached hydrogen (secondary N) is 2. The van der Waals surface area contributed by atoms with E-state index in [-0.39, 0.29) is 16.4 Å². The van der Waals surface area contributed by atoms with Gasteiger partial charge < -0.3 is 15.0 Å². The van der Waals surface area contributed by atoms with E-state index in [1.54, 1.807) is 43.5 Å². The van der Waals surface area contributed by atoms with Crippen molar-refractivity contribution in [1.82, 2.24) is 5.32 Å². The summed E-state index contributed by atoms with van der Waals surface area (Å²) in [5.74, 6) is 0.191. The summed E-state index contributed by atoms with van der Waals surface area (Å²) in [4.78, 5) is 25.6. The molecule has 0 aliphatic carbocycles. The maximum atomic E-state index is 12.5. The zero-order valence-electron chi connectivity index (χ0n) is 16.0. The molecule has 1 aliphatic rings. The summed E-state index contributed by atoms with van der Waals surface area (Å²) in [5, 5.41) is 17.1. The maximum absolute atomic E-state index is 12.5. The number of carbonyl (C=O) groups excluding carboxylic acids is 1. The minimum atomic E-state index is -0.510. The van der Waals surface area contributed by atoms with Crippen LogP contribution in [0.4, 0.5) is 17.1 Å². The number of carbonyl (C=O) groups is 1. The lowest BCUT2D eigenvalue weighted by molar-refractivity contribution is -0.384. The van der Waals surface area contributed by atoms with E-state index >= 15 is 0 Å². The third-order valence-electron chi connectivity index (χ3n) is 4.71. The Bertz CT molecular complexity index is 911. The number of thiocarbonyl (C=S) groups is 1. The van der Waals surface area contributed by atoms with Crippen molar-refractivity contribution in [3.8, 4) is 5.75 Å². The fourth-order valence-electron chi connectivity index (χ4n) is 3.23. The molecule has 0 radical (unpaired) electrons. The second-order valence-electron chi connectivity index (χ2n) is 6.65. The average molecular weight is 414 g/mol. The van der Waals surface area contributed by atoms with Crippen LogP contribution in [0.3, 0.4) is 0 Å². The molecule has 8 nitrogen and oxygen atoms in total. The molecular weight excluding hydrogens is 392 g/mol. The summed E-state index contributed by atoms with van der Waals surface area (Å²) in [6.45, 7) is 1.56. The number of nitro benzene ring substituents is 1. The molecular formula is C20H22N4O4S. The summed E-state index contributed by atoms with van der Waals surface area (Å²) in [6.07, 6.45) is 3.14. The van der Waals surface area contributed by atoms with Crippen molar-refractivity contribution in [2.45, 2.75) is 19.3 Å². The molecule has 9 heteroatoms. The molecule has 0 saturated carbocycles. The highest BCUT2D eigenvalue weighted by Crippen LogP contribution is 2.31. The highest BCUT2D eigenvalue weighted by atomic mass is 32.1. The summed E-state index contributed by atoms with van der Waals surface area (Å²) < 4.78 is 5.09. The molecule has 2 aromatic carbocycles. The molecule has 0 spiro atoms. The average Bonchev–Trinajstić information content (AvgIpc) is 2.74. The van der Waals surface area contributed by atoms with Gasteiger partial charge in [-0.3, -0.25) is 20.2 Å². The van der Waals surface area contributed by atoms with Crippen molar-refractivity contribution in [1.29, 1.82) is 0 Å². The van der Waals surface area contributed by atoms with Crippen LogP contribution < -0.4 is 20.3 Å². The van der Waals surface area contributed by atoms with Gasteiger partial charge in [0.1, 0.15) is 11.4 Å². The number of hydrogen-bond acceptors (Lipinski definition) is 6. The van der Waals surface area contributed by atoms with Gasteiger partial charge in [0.2, 0.25) is 0 Å². The number of anilines is 2. The Morgan fingerprint density at radius 1 is 1.14 bits per heavy atom. The predicted molar refractivity (Wildman–Crippen MR) is 116 cm³/mol. The van der Waals surface area contributed by atoms with Crippen LogP contribution in [0.1, 0.15) is 29.6 Å². The van der Waals surface area contributed by atoms with Crippen molar-refractivity contribution in [2.24, 2.45) is 0 Å². The SMILES string of the molecule is COc1ccc(NC(=S)NC(=O)c2ccc(N3CCCCC3)c([N+](=O)[O-])c2)cc1. The number of ether oxygens (including phenoxy) is 1. The molecule has 2 N–H and O–H groups in total. The van der Waals surface area contributed by atoms with E-state index in [0.717, 1.165) is 32.4 Å². The first-order valence-electron chi connectivity index (χ1n) is 9.27. The van der Waals surface area contributed by atoms with Gasteiger partial charge in [-0.1, -0.05) is 0 Å². The van der Waals surface area contributed by atoms with Crippen LogP contribution in [0.5, 0.6) is 5.75 Å². The number of benzene rings is 2. The normalized spacial score (nSPS) is 13.5. The lowest BCUT2D eigenvalue weighted by Crippen LogP contribution is -2.34. The predicted octanol–water partition coefficient (Wildman–Crippen LogP) is 3.72. The molecule has 29 heavy (non-hydrogen) atoms. The van der Waals surface area contributed by atoms with Crippen LogP contribution in [0.15, 0.2) is 42.5 Å². The van der Waals surface area contributed by atoms with Crippen LogP contribution in [0.2, 0.25) is 0 Å². The van der Waals surface area contributed by atoms with E-state index in [1.165, 1.54) is 6.07 Å². The first-order chi connectivity index (χ1) is 14.0. The molecule has 0 atom stereocenters. The Morgan fingerprint density at radius 2 is 1.83 bits per heavy atom. The monoisotopic (exact) mass is 414 g/mol. The molecule has 1 amide bonds. The summed E-state index contributed by atoms with van der Waals surface area (Å²) in [6, 6.07) is 11.6. The van der Waals surface area contributed by atoms with Crippen LogP contribution in [-0.4, -0.2) is 36.1 Å². The zero-order valence-corrected chi connectivity index (χ0v) is 16.8. The van der Waals surface area contributed by atoms with Crippen molar-refractivity contribution in [3.05, 3.63) is 58.1 Å². The second-order valence-corrected chi connectivity index (χ2v) is 7.05. The van der Waals surface area contributed by atoms with E-state index in [2.05, 4.69) is 10.6 Å². The molecule has 1 fully saturated rings. The summed E-state index contributed by atoms with van der Waals surface area (Å²) >= 11 is 5.17. The van der Waals surface area contributed by atoms with E-state index in [0.29, 0.717) is 17.1 Å². The van der Waals surface area contributed by atoms with Crippen molar-refractivity contribution in [3.63, 3.8) is 0 Å². The van der Waals surface area contributed by atoms with E-state index in [9.17, 15) is 14.9 Å². The van der Waals surface area contributed by atoms with Gasteiger partial charge in [0.05, 0.1) is 12.0 Å². The third kappa shape index (κ3) is 5.20. The zero-order chi connectivity index (χ0) is 20.8. The molecule has 0 bridgehead atoms. The fourth-order valence-corrected chi connectivity index (χ4v) is 3.44. The Kier molecular flexibility index (Phi) is 6.61. The van der Waals surface area contributed by atoms with Gasteiger partial charge in [-0.15, -0.1) is 0 Å². The summed E-state index contributed by atoms with van der Waals surface area (Å²) in [7, 11) is 1.57. The molecule has 152 valence electrons. The topological polar surface area (TPSA) is 96.7 Å². The molecule has 2 aromatic rings. The van der Waals surface area contributed by atoms with Gasteiger partial charge in [-0.2, -0.15) is 0 Å². The molecule has 1 heterocycles. The van der Waals surface area contributed by atoms with Gasteiger partial charge >= 0.3 is 0 Å². The minimum Gasteiger partial charge on any atom is -0.497 e. The molecule has 0 unspecified atom stereocenters. The number of rotatable bonds is 5. The third-order valence-corrected chi connectivity index (χ3v) is 4.91. The Balaban J connectivity index is 1.70. The smallest absolute Gasteiger partial charge is 0.293 e. The van der Waals surface area contributed by atoms with Gasteiger partial charge in [0.25, 0.3) is 11.6 Å². The number of piperidine rings is 1. The minimum absolute atomic E-state index is 0.0754. The van der Waals surface area contributed by atoms with E-state index in [1.807, 2.05) is 4.90 Å². The molecule has 1 aliphatic heterocycles. The Morgan fingerprint density at radius 3 is 2.45 bits per heavy atom. The quantitative estimate of drug-likeness (QED) is 0.437. The second kappa shape index (κ2) is 9.33. The van der Waals surface area contributed by atoms with Crippen molar-refractivity contribution >= 4 is 40.3 Å². The van der Waals surface area contributed by atoms with Gasteiger partial charge in [-0.05, 0) is 67.9 Å². The van der Waals surface area contributed by atoms with Crippen LogP contribution in [0.25, 0.3) is 0 Å². The van der Waals surface area contributed by atoms with Crippen LogP contribution in [-0.2, 0) is 0 Å². The van der Waals surface area contributed by atoms with Crippen LogP contribution >= 0.6 is 12.2 Å². The lowest BCUT2D eigenvalue weighted by atomic mass is 10.1. The van der Waals surface area contributed by atoms with Crippen molar-refractivity contribution in [2.75, 3.05) is 30.4 Å². The van der Waals surface area contributed by atoms with Crippen molar-refractivity contribution < 1.29 is 14.5 Å². The number of nitro groups is 1. The van der Waals surface area contributed by atoms with Gasteiger partial charge in [0.15, 0.2) is 5.11 Å². The number of amides is 1. The van der Waals surface area contributed by atoms with Crippen LogP contribution in [0, 0.1) is 10.1 Å². The Hall–Kier alpha value is -3.20. The summed E-state index contributed by atoms with van der Waals surface area (Å²) in [5.41, 5.74) is 1.33. The van der Waals surface area contributed by atoms with Gasteiger partial charge in [0, 0.05) is 30.4 Å². The van der Waals surface area contributed by atoms with E-state index < -0.39 is 10.8 Å².